The highest BCUT2D eigenvalue weighted by molar-refractivity contribution is 5.37. The lowest BCUT2D eigenvalue weighted by molar-refractivity contribution is 0.397. The van der Waals surface area contributed by atoms with Crippen molar-refractivity contribution in [1.82, 2.24) is 10.2 Å². The van der Waals surface area contributed by atoms with E-state index in [0.29, 0.717) is 18.2 Å². The van der Waals surface area contributed by atoms with E-state index in [2.05, 4.69) is 23.3 Å². The van der Waals surface area contributed by atoms with Crippen molar-refractivity contribution >= 4 is 0 Å². The number of rotatable bonds is 3. The second kappa shape index (κ2) is 5.26. The first-order valence-corrected chi connectivity index (χ1v) is 5.79. The van der Waals surface area contributed by atoms with E-state index in [1.165, 1.54) is 18.2 Å². The zero-order valence-electron chi connectivity index (χ0n) is 9.91. The summed E-state index contributed by atoms with van der Waals surface area (Å²) in [6.07, 6.45) is 1.10. The summed E-state index contributed by atoms with van der Waals surface area (Å²) in [6.45, 7) is 2.66. The molecule has 1 fully saturated rings. The van der Waals surface area contributed by atoms with Gasteiger partial charge in [-0.1, -0.05) is 0 Å². The Morgan fingerprint density at radius 2 is 2.41 bits per heavy atom. The molecular formula is C13H16FN3. The van der Waals surface area contributed by atoms with Gasteiger partial charge in [0.1, 0.15) is 5.82 Å². The van der Waals surface area contributed by atoms with Gasteiger partial charge in [-0.3, -0.25) is 0 Å². The van der Waals surface area contributed by atoms with Gasteiger partial charge in [-0.25, -0.2) is 4.39 Å². The minimum absolute atomic E-state index is 0.288. The highest BCUT2D eigenvalue weighted by Gasteiger charge is 2.18. The molecule has 2 rings (SSSR count). The van der Waals surface area contributed by atoms with Crippen LogP contribution in [0.5, 0.6) is 0 Å². The van der Waals surface area contributed by atoms with E-state index in [1.807, 2.05) is 0 Å². The van der Waals surface area contributed by atoms with E-state index >= 15 is 0 Å². The third kappa shape index (κ3) is 3.02. The smallest absolute Gasteiger partial charge is 0.123 e. The quantitative estimate of drug-likeness (QED) is 0.859. The van der Waals surface area contributed by atoms with Gasteiger partial charge in [0.25, 0.3) is 0 Å². The van der Waals surface area contributed by atoms with Crippen molar-refractivity contribution in [2.24, 2.45) is 0 Å². The van der Waals surface area contributed by atoms with E-state index in [4.69, 9.17) is 5.26 Å². The van der Waals surface area contributed by atoms with Crippen LogP contribution < -0.4 is 5.32 Å². The second-order valence-corrected chi connectivity index (χ2v) is 4.54. The van der Waals surface area contributed by atoms with Crippen molar-refractivity contribution in [1.29, 1.82) is 5.26 Å². The maximum absolute atomic E-state index is 13.1. The lowest BCUT2D eigenvalue weighted by Gasteiger charge is -2.13. The molecule has 90 valence electrons. The molecule has 1 aromatic carbocycles. The van der Waals surface area contributed by atoms with Gasteiger partial charge < -0.3 is 10.2 Å². The number of likely N-dealkylation sites (tertiary alicyclic amines) is 1. The van der Waals surface area contributed by atoms with Crippen molar-refractivity contribution in [3.8, 4) is 6.07 Å². The fourth-order valence-corrected chi connectivity index (χ4v) is 2.17. The van der Waals surface area contributed by atoms with E-state index in [1.54, 1.807) is 0 Å². The molecule has 3 nitrogen and oxygen atoms in total. The summed E-state index contributed by atoms with van der Waals surface area (Å²) in [5.74, 6) is -0.288. The van der Waals surface area contributed by atoms with Crippen LogP contribution in [-0.2, 0) is 6.54 Å². The Kier molecular flexibility index (Phi) is 3.72. The Hall–Kier alpha value is -1.44. The van der Waals surface area contributed by atoms with Crippen LogP contribution >= 0.6 is 0 Å². The molecule has 1 aliphatic rings. The normalized spacial score (nSPS) is 20.4. The van der Waals surface area contributed by atoms with Crippen LogP contribution in [0.1, 0.15) is 17.5 Å². The van der Waals surface area contributed by atoms with Gasteiger partial charge in [-0.05, 0) is 43.8 Å². The number of nitrogens with zero attached hydrogens (tertiary/aromatic N) is 2. The molecule has 1 atom stereocenters. The SMILES string of the molecule is CN1CCC(NCc2cc(F)ccc2C#N)C1. The Balaban J connectivity index is 1.99. The summed E-state index contributed by atoms with van der Waals surface area (Å²) in [7, 11) is 2.09. The highest BCUT2D eigenvalue weighted by Crippen LogP contribution is 2.12. The first-order chi connectivity index (χ1) is 8.19. The number of halogens is 1. The largest absolute Gasteiger partial charge is 0.309 e. The molecule has 0 amide bonds. The van der Waals surface area contributed by atoms with Crippen molar-refractivity contribution in [3.05, 3.63) is 35.1 Å². The molecule has 1 aromatic rings. The molecule has 0 bridgehead atoms. The zero-order chi connectivity index (χ0) is 12.3. The average Bonchev–Trinajstić information content (AvgIpc) is 2.73. The molecule has 1 unspecified atom stereocenters. The van der Waals surface area contributed by atoms with E-state index in [9.17, 15) is 4.39 Å². The predicted molar refractivity (Wildman–Crippen MR) is 63.9 cm³/mol. The van der Waals surface area contributed by atoms with Gasteiger partial charge >= 0.3 is 0 Å². The summed E-state index contributed by atoms with van der Waals surface area (Å²) >= 11 is 0. The molecule has 0 aromatic heterocycles. The molecular weight excluding hydrogens is 217 g/mol. The standard InChI is InChI=1S/C13H16FN3/c1-17-5-4-13(9-17)16-8-11-6-12(14)3-2-10(11)7-15/h2-3,6,13,16H,4-5,8-9H2,1H3. The fraction of sp³-hybridized carbons (Fsp3) is 0.462. The Morgan fingerprint density at radius 1 is 1.59 bits per heavy atom. The van der Waals surface area contributed by atoms with Crippen LogP contribution in [0.15, 0.2) is 18.2 Å². The van der Waals surface area contributed by atoms with Crippen molar-refractivity contribution in [3.63, 3.8) is 0 Å². The maximum atomic E-state index is 13.1. The van der Waals surface area contributed by atoms with Crippen LogP contribution in [0.25, 0.3) is 0 Å². The fourth-order valence-electron chi connectivity index (χ4n) is 2.17. The number of nitriles is 1. The summed E-state index contributed by atoms with van der Waals surface area (Å²) in [6, 6.07) is 6.82. The first-order valence-electron chi connectivity index (χ1n) is 5.79. The van der Waals surface area contributed by atoms with Gasteiger partial charge in [0.05, 0.1) is 11.6 Å². The average molecular weight is 233 g/mol. The summed E-state index contributed by atoms with van der Waals surface area (Å²) < 4.78 is 13.1. The van der Waals surface area contributed by atoms with Crippen molar-refractivity contribution < 1.29 is 4.39 Å². The topological polar surface area (TPSA) is 39.1 Å². The Labute approximate surface area is 101 Å². The second-order valence-electron chi connectivity index (χ2n) is 4.54. The molecule has 1 N–H and O–H groups in total. The maximum Gasteiger partial charge on any atom is 0.123 e. The minimum Gasteiger partial charge on any atom is -0.309 e. The van der Waals surface area contributed by atoms with Crippen molar-refractivity contribution in [2.45, 2.75) is 19.0 Å². The van der Waals surface area contributed by atoms with Gasteiger partial charge in [0.15, 0.2) is 0 Å². The lowest BCUT2D eigenvalue weighted by atomic mass is 10.1. The molecule has 1 saturated heterocycles. The minimum atomic E-state index is -0.288. The van der Waals surface area contributed by atoms with Gasteiger partial charge in [-0.2, -0.15) is 5.26 Å². The molecule has 0 radical (unpaired) electrons. The van der Waals surface area contributed by atoms with Gasteiger partial charge in [0, 0.05) is 19.1 Å². The highest BCUT2D eigenvalue weighted by atomic mass is 19.1. The van der Waals surface area contributed by atoms with E-state index < -0.39 is 0 Å². The molecule has 0 aliphatic carbocycles. The van der Waals surface area contributed by atoms with Crippen LogP contribution in [0, 0.1) is 17.1 Å². The zero-order valence-corrected chi connectivity index (χ0v) is 9.91. The summed E-state index contributed by atoms with van der Waals surface area (Å²) in [5.41, 5.74) is 1.28. The van der Waals surface area contributed by atoms with Crippen LogP contribution in [-0.4, -0.2) is 31.1 Å². The van der Waals surface area contributed by atoms with Gasteiger partial charge in [0.2, 0.25) is 0 Å². The predicted octanol–water partition coefficient (Wildman–Crippen LogP) is 1.49. The molecule has 1 heterocycles. The third-order valence-electron chi connectivity index (χ3n) is 3.16. The van der Waals surface area contributed by atoms with Crippen LogP contribution in [0.4, 0.5) is 4.39 Å². The monoisotopic (exact) mass is 233 g/mol. The summed E-state index contributed by atoms with van der Waals surface area (Å²) in [5, 5.41) is 12.3. The van der Waals surface area contributed by atoms with Crippen LogP contribution in [0.3, 0.4) is 0 Å². The van der Waals surface area contributed by atoms with Crippen LogP contribution in [0.2, 0.25) is 0 Å². The van der Waals surface area contributed by atoms with Gasteiger partial charge in [-0.15, -0.1) is 0 Å². The third-order valence-corrected chi connectivity index (χ3v) is 3.16. The molecule has 0 saturated carbocycles. The number of likely N-dealkylation sites (N-methyl/N-ethyl adjacent to an activating group) is 1. The lowest BCUT2D eigenvalue weighted by Crippen LogP contribution is -2.31. The number of nitrogens with one attached hydrogen (secondary N) is 1. The molecule has 4 heteroatoms. The first kappa shape index (κ1) is 12.0. The Bertz CT molecular complexity index is 439. The van der Waals surface area contributed by atoms with E-state index in [0.717, 1.165) is 25.1 Å². The van der Waals surface area contributed by atoms with E-state index in [-0.39, 0.29) is 5.82 Å². The molecule has 0 spiro atoms. The number of hydrogen-bond donors (Lipinski definition) is 1. The molecule has 17 heavy (non-hydrogen) atoms. The van der Waals surface area contributed by atoms with Crippen molar-refractivity contribution in [2.75, 3.05) is 20.1 Å². The number of hydrogen-bond acceptors (Lipinski definition) is 3. The number of benzene rings is 1. The molecule has 1 aliphatic heterocycles. The Morgan fingerprint density at radius 3 is 3.06 bits per heavy atom. The summed E-state index contributed by atoms with van der Waals surface area (Å²) in [4.78, 5) is 2.26.